The van der Waals surface area contributed by atoms with E-state index in [0.717, 1.165) is 22.6 Å². The van der Waals surface area contributed by atoms with E-state index in [0.29, 0.717) is 17.6 Å². The van der Waals surface area contributed by atoms with Crippen molar-refractivity contribution in [3.05, 3.63) is 41.3 Å². The summed E-state index contributed by atoms with van der Waals surface area (Å²) in [6.07, 6.45) is 2.48. The first-order valence-corrected chi connectivity index (χ1v) is 5.99. The molecule has 0 unspecified atom stereocenters. The van der Waals surface area contributed by atoms with Crippen LogP contribution in [0, 0.1) is 6.92 Å². The summed E-state index contributed by atoms with van der Waals surface area (Å²) in [5.41, 5.74) is 5.02. The lowest BCUT2D eigenvalue weighted by atomic mass is 10.0. The highest BCUT2D eigenvalue weighted by Gasteiger charge is 2.16. The van der Waals surface area contributed by atoms with E-state index >= 15 is 0 Å². The largest absolute Gasteiger partial charge is 0.386 e. The van der Waals surface area contributed by atoms with Gasteiger partial charge in [-0.3, -0.25) is 4.98 Å². The van der Waals surface area contributed by atoms with Gasteiger partial charge in [0, 0.05) is 36.6 Å². The number of aryl methyl sites for hydroxylation is 1. The predicted molar refractivity (Wildman–Crippen MR) is 70.9 cm³/mol. The minimum absolute atomic E-state index is 0.520. The molecule has 3 aromatic heterocycles. The molecule has 0 saturated heterocycles. The molecule has 6 nitrogen and oxygen atoms in total. The highest BCUT2D eigenvalue weighted by Crippen LogP contribution is 2.27. The van der Waals surface area contributed by atoms with Gasteiger partial charge in [0.2, 0.25) is 5.65 Å². The molecule has 0 radical (unpaired) electrons. The SMILES string of the molecule is CNc1c(Cc2ccccn2)c(C)nc2nonc12. The Hall–Kier alpha value is -2.50. The van der Waals surface area contributed by atoms with Crippen LogP contribution in [0.15, 0.2) is 29.0 Å². The lowest BCUT2D eigenvalue weighted by Crippen LogP contribution is -2.04. The lowest BCUT2D eigenvalue weighted by Gasteiger charge is -2.11. The number of nitrogens with zero attached hydrogens (tertiary/aromatic N) is 4. The van der Waals surface area contributed by atoms with Crippen molar-refractivity contribution in [2.75, 3.05) is 12.4 Å². The van der Waals surface area contributed by atoms with Crippen molar-refractivity contribution < 1.29 is 4.63 Å². The molecule has 0 bridgehead atoms. The topological polar surface area (TPSA) is 76.7 Å². The molecular formula is C13H13N5O. The van der Waals surface area contributed by atoms with Crippen LogP contribution in [0.3, 0.4) is 0 Å². The second-order valence-electron chi connectivity index (χ2n) is 4.24. The molecule has 0 aromatic carbocycles. The molecule has 0 aliphatic heterocycles. The van der Waals surface area contributed by atoms with E-state index in [1.54, 1.807) is 6.20 Å². The van der Waals surface area contributed by atoms with Crippen LogP contribution >= 0.6 is 0 Å². The van der Waals surface area contributed by atoms with E-state index in [9.17, 15) is 0 Å². The molecular weight excluding hydrogens is 242 g/mol. The van der Waals surface area contributed by atoms with Gasteiger partial charge in [-0.2, -0.15) is 0 Å². The Morgan fingerprint density at radius 1 is 1.26 bits per heavy atom. The number of aromatic nitrogens is 4. The molecule has 0 saturated carbocycles. The average Bonchev–Trinajstić information content (AvgIpc) is 2.88. The normalized spacial score (nSPS) is 10.8. The van der Waals surface area contributed by atoms with Gasteiger partial charge in [-0.25, -0.2) is 9.61 Å². The molecule has 6 heteroatoms. The third-order valence-electron chi connectivity index (χ3n) is 3.05. The quantitative estimate of drug-likeness (QED) is 0.770. The Balaban J connectivity index is 2.14. The number of pyridine rings is 2. The van der Waals surface area contributed by atoms with Crippen molar-refractivity contribution in [2.24, 2.45) is 0 Å². The van der Waals surface area contributed by atoms with Crippen LogP contribution in [0.5, 0.6) is 0 Å². The van der Waals surface area contributed by atoms with Crippen LogP contribution in [0.4, 0.5) is 5.69 Å². The molecule has 3 aromatic rings. The number of hydrogen-bond donors (Lipinski definition) is 1. The number of hydrogen-bond acceptors (Lipinski definition) is 6. The van der Waals surface area contributed by atoms with Gasteiger partial charge in [-0.1, -0.05) is 6.07 Å². The Bertz CT molecular complexity index is 708. The standard InChI is InChI=1S/C13H13N5O/c1-8-10(7-9-5-3-4-6-15-9)11(14-2)12-13(16-8)18-19-17-12/h3-6,14H,7H2,1-2H3. The fourth-order valence-electron chi connectivity index (χ4n) is 2.13. The Morgan fingerprint density at radius 2 is 2.16 bits per heavy atom. The van der Waals surface area contributed by atoms with E-state index in [2.05, 4.69) is 25.6 Å². The second-order valence-corrected chi connectivity index (χ2v) is 4.24. The maximum absolute atomic E-state index is 4.75. The molecule has 0 aliphatic rings. The average molecular weight is 255 g/mol. The Labute approximate surface area is 109 Å². The van der Waals surface area contributed by atoms with Crippen molar-refractivity contribution in [3.8, 4) is 0 Å². The molecule has 1 N–H and O–H groups in total. The Kier molecular flexibility index (Phi) is 2.83. The molecule has 0 atom stereocenters. The fraction of sp³-hybridized carbons (Fsp3) is 0.231. The van der Waals surface area contributed by atoms with E-state index < -0.39 is 0 Å². The van der Waals surface area contributed by atoms with Crippen molar-refractivity contribution >= 4 is 16.9 Å². The fourth-order valence-corrected chi connectivity index (χ4v) is 2.13. The first-order chi connectivity index (χ1) is 9.29. The van der Waals surface area contributed by atoms with Gasteiger partial charge in [0.05, 0.1) is 5.69 Å². The Morgan fingerprint density at radius 3 is 2.89 bits per heavy atom. The van der Waals surface area contributed by atoms with Crippen LogP contribution in [0.1, 0.15) is 17.0 Å². The summed E-state index contributed by atoms with van der Waals surface area (Å²) >= 11 is 0. The monoisotopic (exact) mass is 255 g/mol. The summed E-state index contributed by atoms with van der Waals surface area (Å²) in [5, 5.41) is 10.8. The summed E-state index contributed by atoms with van der Waals surface area (Å²) in [4.78, 5) is 8.75. The molecule has 3 rings (SSSR count). The van der Waals surface area contributed by atoms with Crippen LogP contribution in [0.25, 0.3) is 11.2 Å². The second kappa shape index (κ2) is 4.64. The van der Waals surface area contributed by atoms with Crippen molar-refractivity contribution in [1.82, 2.24) is 20.3 Å². The lowest BCUT2D eigenvalue weighted by molar-refractivity contribution is 0.315. The molecule has 0 aliphatic carbocycles. The van der Waals surface area contributed by atoms with E-state index in [4.69, 9.17) is 4.63 Å². The maximum Gasteiger partial charge on any atom is 0.226 e. The molecule has 0 spiro atoms. The van der Waals surface area contributed by atoms with Gasteiger partial charge in [0.1, 0.15) is 0 Å². The minimum Gasteiger partial charge on any atom is -0.386 e. The van der Waals surface area contributed by atoms with Crippen LogP contribution in [0.2, 0.25) is 0 Å². The van der Waals surface area contributed by atoms with Crippen molar-refractivity contribution in [2.45, 2.75) is 13.3 Å². The smallest absolute Gasteiger partial charge is 0.226 e. The zero-order chi connectivity index (χ0) is 13.2. The minimum atomic E-state index is 0.520. The summed E-state index contributed by atoms with van der Waals surface area (Å²) < 4.78 is 4.75. The first kappa shape index (κ1) is 11.6. The summed E-state index contributed by atoms with van der Waals surface area (Å²) in [5.74, 6) is 0. The number of nitrogens with one attached hydrogen (secondary N) is 1. The molecule has 3 heterocycles. The van der Waals surface area contributed by atoms with Crippen LogP contribution in [-0.4, -0.2) is 27.3 Å². The van der Waals surface area contributed by atoms with Gasteiger partial charge >= 0.3 is 0 Å². The zero-order valence-electron chi connectivity index (χ0n) is 10.7. The van der Waals surface area contributed by atoms with E-state index in [1.807, 2.05) is 32.2 Å². The van der Waals surface area contributed by atoms with E-state index in [-0.39, 0.29) is 0 Å². The van der Waals surface area contributed by atoms with Gasteiger partial charge in [-0.15, -0.1) is 0 Å². The van der Waals surface area contributed by atoms with E-state index in [1.165, 1.54) is 0 Å². The van der Waals surface area contributed by atoms with Crippen molar-refractivity contribution in [3.63, 3.8) is 0 Å². The predicted octanol–water partition coefficient (Wildman–Crippen LogP) is 1.95. The molecule has 96 valence electrons. The van der Waals surface area contributed by atoms with Gasteiger partial charge < -0.3 is 5.32 Å². The highest BCUT2D eigenvalue weighted by molar-refractivity contribution is 5.87. The number of rotatable bonds is 3. The third kappa shape index (κ3) is 2.01. The number of anilines is 1. The van der Waals surface area contributed by atoms with Gasteiger partial charge in [0.15, 0.2) is 5.52 Å². The van der Waals surface area contributed by atoms with Crippen LogP contribution in [-0.2, 0) is 6.42 Å². The maximum atomic E-state index is 4.75. The first-order valence-electron chi connectivity index (χ1n) is 5.99. The van der Waals surface area contributed by atoms with Gasteiger partial charge in [-0.05, 0) is 29.4 Å². The van der Waals surface area contributed by atoms with Crippen LogP contribution < -0.4 is 5.32 Å². The summed E-state index contributed by atoms with van der Waals surface area (Å²) in [6.45, 7) is 1.95. The summed E-state index contributed by atoms with van der Waals surface area (Å²) in [6, 6.07) is 5.86. The highest BCUT2D eigenvalue weighted by atomic mass is 16.6. The summed E-state index contributed by atoms with van der Waals surface area (Å²) in [7, 11) is 1.85. The van der Waals surface area contributed by atoms with Crippen molar-refractivity contribution in [1.29, 1.82) is 0 Å². The van der Waals surface area contributed by atoms with Gasteiger partial charge in [0.25, 0.3) is 0 Å². The third-order valence-corrected chi connectivity index (χ3v) is 3.05. The molecule has 19 heavy (non-hydrogen) atoms. The molecule has 0 amide bonds. The zero-order valence-corrected chi connectivity index (χ0v) is 10.7. The number of fused-ring (bicyclic) bond motifs is 1. The molecule has 0 fully saturated rings.